The largest absolute Gasteiger partial charge is 0.480 e. The Kier molecular flexibility index (Phi) is 14.0. The van der Waals surface area contributed by atoms with Gasteiger partial charge in [0.2, 0.25) is 29.5 Å². The molecule has 0 saturated carbocycles. The lowest BCUT2D eigenvalue weighted by atomic mass is 10.1. The predicted molar refractivity (Wildman–Crippen MR) is 117 cm³/mol. The number of primary amides is 2. The van der Waals surface area contributed by atoms with E-state index < -0.39 is 59.7 Å². The molecule has 33 heavy (non-hydrogen) atoms. The van der Waals surface area contributed by atoms with Crippen molar-refractivity contribution in [3.8, 4) is 0 Å². The summed E-state index contributed by atoms with van der Waals surface area (Å²) in [5.41, 5.74) is 21.5. The number of hydrogen-bond donors (Lipinski definition) is 8. The van der Waals surface area contributed by atoms with Gasteiger partial charge in [-0.15, -0.1) is 0 Å². The number of nitrogens with two attached hydrogens (primary N) is 4. The average molecular weight is 474 g/mol. The maximum Gasteiger partial charge on any atom is 0.325 e. The minimum Gasteiger partial charge on any atom is -0.480 e. The van der Waals surface area contributed by atoms with Crippen LogP contribution in [0.5, 0.6) is 0 Å². The number of carbonyl (C=O) groups is 6. The predicted octanol–water partition coefficient (Wildman–Crippen LogP) is -3.47. The maximum absolute atomic E-state index is 12.8. The van der Waals surface area contributed by atoms with Gasteiger partial charge >= 0.3 is 5.97 Å². The lowest BCUT2D eigenvalue weighted by molar-refractivity contribution is -0.142. The van der Waals surface area contributed by atoms with Gasteiger partial charge in [-0.3, -0.25) is 28.8 Å². The first-order valence-electron chi connectivity index (χ1n) is 10.5. The zero-order valence-corrected chi connectivity index (χ0v) is 18.7. The quantitative estimate of drug-likeness (QED) is 0.0974. The summed E-state index contributed by atoms with van der Waals surface area (Å²) in [6, 6.07) is -4.77. The van der Waals surface area contributed by atoms with Gasteiger partial charge in [-0.1, -0.05) is 6.42 Å². The van der Waals surface area contributed by atoms with Crippen molar-refractivity contribution < 1.29 is 33.9 Å². The summed E-state index contributed by atoms with van der Waals surface area (Å²) in [4.78, 5) is 70.9. The number of unbranched alkanes of at least 4 members (excludes halogenated alkanes) is 1. The summed E-state index contributed by atoms with van der Waals surface area (Å²) in [5.74, 6) is -5.11. The van der Waals surface area contributed by atoms with Crippen molar-refractivity contribution >= 4 is 35.5 Å². The van der Waals surface area contributed by atoms with Crippen LogP contribution in [0.15, 0.2) is 0 Å². The zero-order chi connectivity index (χ0) is 25.6. The van der Waals surface area contributed by atoms with Gasteiger partial charge in [-0.25, -0.2) is 0 Å². The molecule has 4 unspecified atom stereocenters. The van der Waals surface area contributed by atoms with Crippen LogP contribution in [-0.4, -0.2) is 71.3 Å². The molecule has 0 radical (unpaired) electrons. The van der Waals surface area contributed by atoms with Gasteiger partial charge in [-0.05, 0) is 39.2 Å². The molecule has 0 aromatic carbocycles. The van der Waals surface area contributed by atoms with Crippen molar-refractivity contribution in [1.82, 2.24) is 16.0 Å². The Labute approximate surface area is 191 Å². The molecular formula is C19H35N7O7. The third kappa shape index (κ3) is 13.0. The van der Waals surface area contributed by atoms with E-state index in [0.29, 0.717) is 25.8 Å². The standard InChI is InChI=1S/C19H35N7O7/c1-10(19(32)33)24-17(30)12(5-7-14(22)27)26-18(31)13(6-8-15(23)28)25-16(29)11(21)4-2-3-9-20/h10-13H,2-9,20-21H2,1H3,(H2,22,27)(H2,23,28)(H,24,30)(H,25,29)(H,26,31)(H,32,33). The third-order valence-electron chi connectivity index (χ3n) is 4.66. The number of carboxylic acid groups (broad SMARTS) is 1. The monoisotopic (exact) mass is 473 g/mol. The summed E-state index contributed by atoms with van der Waals surface area (Å²) >= 11 is 0. The molecule has 0 aliphatic rings. The van der Waals surface area contributed by atoms with Crippen LogP contribution in [0.25, 0.3) is 0 Å². The molecule has 0 bridgehead atoms. The van der Waals surface area contributed by atoms with Gasteiger partial charge in [0.05, 0.1) is 6.04 Å². The summed E-state index contributed by atoms with van der Waals surface area (Å²) in [6.45, 7) is 1.66. The first-order chi connectivity index (χ1) is 15.4. The minimum atomic E-state index is -1.32. The molecule has 0 heterocycles. The molecule has 0 aromatic heterocycles. The van der Waals surface area contributed by atoms with E-state index in [4.69, 9.17) is 28.0 Å². The fourth-order valence-electron chi connectivity index (χ4n) is 2.68. The Hall–Kier alpha value is -3.26. The van der Waals surface area contributed by atoms with E-state index >= 15 is 0 Å². The molecule has 0 saturated heterocycles. The maximum atomic E-state index is 12.8. The topological polar surface area (TPSA) is 263 Å². The van der Waals surface area contributed by atoms with E-state index in [1.165, 1.54) is 6.92 Å². The number of nitrogens with one attached hydrogen (secondary N) is 3. The van der Waals surface area contributed by atoms with Gasteiger partial charge in [0.1, 0.15) is 18.1 Å². The number of hydrogen-bond acceptors (Lipinski definition) is 8. The van der Waals surface area contributed by atoms with Crippen molar-refractivity contribution in [2.75, 3.05) is 6.54 Å². The fourth-order valence-corrected chi connectivity index (χ4v) is 2.68. The highest BCUT2D eigenvalue weighted by Crippen LogP contribution is 2.05. The summed E-state index contributed by atoms with van der Waals surface area (Å²) in [6.07, 6.45) is 0.688. The highest BCUT2D eigenvalue weighted by Gasteiger charge is 2.29. The second-order valence-corrected chi connectivity index (χ2v) is 7.59. The van der Waals surface area contributed by atoms with Crippen molar-refractivity contribution in [2.24, 2.45) is 22.9 Å². The molecule has 0 aliphatic carbocycles. The van der Waals surface area contributed by atoms with Gasteiger partial charge in [0, 0.05) is 12.8 Å². The summed E-state index contributed by atoms with van der Waals surface area (Å²) in [7, 11) is 0. The van der Waals surface area contributed by atoms with Crippen molar-refractivity contribution in [3.05, 3.63) is 0 Å². The molecule has 12 N–H and O–H groups in total. The Morgan fingerprint density at radius 1 is 0.758 bits per heavy atom. The Bertz CT molecular complexity index is 717. The zero-order valence-electron chi connectivity index (χ0n) is 18.7. The average Bonchev–Trinajstić information content (AvgIpc) is 2.73. The van der Waals surface area contributed by atoms with Gasteiger partial charge < -0.3 is 44.0 Å². The van der Waals surface area contributed by atoms with E-state index in [1.54, 1.807) is 0 Å². The molecular weight excluding hydrogens is 438 g/mol. The molecule has 0 aromatic rings. The molecule has 0 fully saturated rings. The normalized spacial score (nSPS) is 14.3. The lowest BCUT2D eigenvalue weighted by Gasteiger charge is -2.24. The first-order valence-corrected chi connectivity index (χ1v) is 10.5. The Morgan fingerprint density at radius 2 is 1.21 bits per heavy atom. The molecule has 0 rings (SSSR count). The number of carboxylic acids is 1. The summed E-state index contributed by atoms with van der Waals surface area (Å²) < 4.78 is 0. The van der Waals surface area contributed by atoms with Crippen molar-refractivity contribution in [2.45, 2.75) is 76.0 Å². The lowest BCUT2D eigenvalue weighted by Crippen LogP contribution is -2.57. The molecule has 0 spiro atoms. The van der Waals surface area contributed by atoms with Gasteiger partial charge in [0.25, 0.3) is 0 Å². The van der Waals surface area contributed by atoms with E-state index in [2.05, 4.69) is 16.0 Å². The van der Waals surface area contributed by atoms with E-state index in [-0.39, 0.29) is 25.7 Å². The van der Waals surface area contributed by atoms with Crippen LogP contribution in [0.2, 0.25) is 0 Å². The Balaban J connectivity index is 5.39. The molecule has 5 amide bonds. The van der Waals surface area contributed by atoms with E-state index in [0.717, 1.165) is 0 Å². The van der Waals surface area contributed by atoms with Crippen LogP contribution in [0.3, 0.4) is 0 Å². The molecule has 188 valence electrons. The molecule has 14 heteroatoms. The number of aliphatic carboxylic acids is 1. The van der Waals surface area contributed by atoms with Crippen LogP contribution < -0.4 is 38.9 Å². The van der Waals surface area contributed by atoms with Crippen molar-refractivity contribution in [1.29, 1.82) is 0 Å². The summed E-state index contributed by atoms with van der Waals surface area (Å²) in [5, 5.41) is 15.9. The molecule has 4 atom stereocenters. The van der Waals surface area contributed by atoms with Gasteiger partial charge in [0.15, 0.2) is 0 Å². The molecule has 0 aliphatic heterocycles. The fraction of sp³-hybridized carbons (Fsp3) is 0.684. The Morgan fingerprint density at radius 3 is 1.64 bits per heavy atom. The SMILES string of the molecule is CC(NC(=O)C(CCC(N)=O)NC(=O)C(CCC(N)=O)NC(=O)C(N)CCCCN)C(=O)O. The van der Waals surface area contributed by atoms with Crippen molar-refractivity contribution in [3.63, 3.8) is 0 Å². The smallest absolute Gasteiger partial charge is 0.325 e. The van der Waals surface area contributed by atoms with Gasteiger partial charge in [-0.2, -0.15) is 0 Å². The van der Waals surface area contributed by atoms with Crippen LogP contribution in [0.1, 0.15) is 51.9 Å². The van der Waals surface area contributed by atoms with Crippen LogP contribution in [0.4, 0.5) is 0 Å². The van der Waals surface area contributed by atoms with Crippen LogP contribution >= 0.6 is 0 Å². The van der Waals surface area contributed by atoms with E-state index in [1.807, 2.05) is 0 Å². The van der Waals surface area contributed by atoms with Crippen LogP contribution in [-0.2, 0) is 28.8 Å². The molecule has 14 nitrogen and oxygen atoms in total. The minimum absolute atomic E-state index is 0.169. The number of rotatable bonds is 17. The second kappa shape index (κ2) is 15.5. The highest BCUT2D eigenvalue weighted by molar-refractivity contribution is 5.94. The number of amides is 5. The second-order valence-electron chi connectivity index (χ2n) is 7.59. The number of carbonyl (C=O) groups excluding carboxylic acids is 5. The first kappa shape index (κ1) is 29.7. The third-order valence-corrected chi connectivity index (χ3v) is 4.66. The highest BCUT2D eigenvalue weighted by atomic mass is 16.4. The van der Waals surface area contributed by atoms with E-state index in [9.17, 15) is 28.8 Å². The van der Waals surface area contributed by atoms with Crippen LogP contribution in [0, 0.1) is 0 Å².